The fourth-order valence-corrected chi connectivity index (χ4v) is 0.553. The molecule has 1 aromatic rings. The lowest BCUT2D eigenvalue weighted by Gasteiger charge is -1.84. The van der Waals surface area contributed by atoms with Crippen molar-refractivity contribution in [3.63, 3.8) is 0 Å². The molecule has 1 aromatic heterocycles. The average molecular weight is 146 g/mol. The first kappa shape index (κ1) is 6.16. The molecular formula is C5H4ClNO2. The van der Waals surface area contributed by atoms with Gasteiger partial charge in [-0.1, -0.05) is 16.8 Å². The molecule has 0 aliphatic rings. The van der Waals surface area contributed by atoms with Crippen molar-refractivity contribution in [2.45, 2.75) is 0 Å². The SMILES string of the molecule is O/N=C(\Cl)c1ccco1. The number of nitrogens with zero attached hydrogens (tertiary/aromatic N) is 1. The van der Waals surface area contributed by atoms with Crippen LogP contribution in [0, 0.1) is 0 Å². The molecule has 0 bridgehead atoms. The normalized spacial score (nSPS) is 11.9. The van der Waals surface area contributed by atoms with Gasteiger partial charge in [-0.2, -0.15) is 0 Å². The molecule has 0 unspecified atom stereocenters. The number of oxime groups is 1. The fourth-order valence-electron chi connectivity index (χ4n) is 0.445. The van der Waals surface area contributed by atoms with Gasteiger partial charge in [-0.25, -0.2) is 0 Å². The van der Waals surface area contributed by atoms with E-state index in [0.29, 0.717) is 5.76 Å². The Balaban J connectivity index is 2.90. The van der Waals surface area contributed by atoms with Crippen molar-refractivity contribution in [2.75, 3.05) is 0 Å². The van der Waals surface area contributed by atoms with Gasteiger partial charge in [-0.05, 0) is 12.1 Å². The van der Waals surface area contributed by atoms with E-state index in [4.69, 9.17) is 21.2 Å². The molecule has 0 spiro atoms. The van der Waals surface area contributed by atoms with Gasteiger partial charge in [0.05, 0.1) is 6.26 Å². The summed E-state index contributed by atoms with van der Waals surface area (Å²) >= 11 is 5.34. The number of rotatable bonds is 1. The van der Waals surface area contributed by atoms with Crippen LogP contribution in [-0.2, 0) is 0 Å². The minimum Gasteiger partial charge on any atom is -0.462 e. The van der Waals surface area contributed by atoms with Crippen molar-refractivity contribution >= 4 is 16.8 Å². The van der Waals surface area contributed by atoms with Crippen LogP contribution < -0.4 is 0 Å². The second kappa shape index (κ2) is 2.55. The highest BCUT2D eigenvalue weighted by molar-refractivity contribution is 6.69. The molecule has 9 heavy (non-hydrogen) atoms. The molecule has 1 rings (SSSR count). The summed E-state index contributed by atoms with van der Waals surface area (Å²) in [7, 11) is 0. The minimum absolute atomic E-state index is 0.0417. The standard InChI is InChI=1S/C5H4ClNO2/c6-5(7-8)4-2-1-3-9-4/h1-3,8H/b7-5-. The quantitative estimate of drug-likeness (QED) is 0.371. The van der Waals surface area contributed by atoms with E-state index in [1.54, 1.807) is 12.1 Å². The van der Waals surface area contributed by atoms with Crippen LogP contribution in [0.15, 0.2) is 28.0 Å². The highest BCUT2D eigenvalue weighted by Crippen LogP contribution is 2.04. The van der Waals surface area contributed by atoms with Gasteiger partial charge in [0.2, 0.25) is 5.17 Å². The molecule has 0 radical (unpaired) electrons. The first-order chi connectivity index (χ1) is 4.34. The molecular weight excluding hydrogens is 142 g/mol. The Hall–Kier alpha value is -0.960. The largest absolute Gasteiger partial charge is 0.462 e. The van der Waals surface area contributed by atoms with Crippen LogP contribution >= 0.6 is 11.6 Å². The molecule has 0 aliphatic carbocycles. The van der Waals surface area contributed by atoms with Crippen molar-refractivity contribution in [1.29, 1.82) is 0 Å². The van der Waals surface area contributed by atoms with Crippen LogP contribution in [0.3, 0.4) is 0 Å². The summed E-state index contributed by atoms with van der Waals surface area (Å²) in [6.45, 7) is 0. The van der Waals surface area contributed by atoms with Gasteiger partial charge in [0, 0.05) is 0 Å². The van der Waals surface area contributed by atoms with Gasteiger partial charge in [-0.15, -0.1) is 0 Å². The molecule has 0 saturated carbocycles. The van der Waals surface area contributed by atoms with Crippen molar-refractivity contribution in [1.82, 2.24) is 0 Å². The molecule has 0 saturated heterocycles. The van der Waals surface area contributed by atoms with Gasteiger partial charge in [0.15, 0.2) is 5.76 Å². The summed E-state index contributed by atoms with van der Waals surface area (Å²) in [6.07, 6.45) is 1.45. The summed E-state index contributed by atoms with van der Waals surface area (Å²) in [5.41, 5.74) is 0. The first-order valence-electron chi connectivity index (χ1n) is 2.26. The maximum Gasteiger partial charge on any atom is 0.210 e. The maximum absolute atomic E-state index is 8.10. The van der Waals surface area contributed by atoms with E-state index >= 15 is 0 Å². The van der Waals surface area contributed by atoms with Gasteiger partial charge in [-0.3, -0.25) is 0 Å². The fraction of sp³-hybridized carbons (Fsp3) is 0. The average Bonchev–Trinajstić information content (AvgIpc) is 2.37. The lowest BCUT2D eigenvalue weighted by Crippen LogP contribution is -1.85. The van der Waals surface area contributed by atoms with E-state index in [1.807, 2.05) is 0 Å². The Kier molecular flexibility index (Phi) is 1.75. The predicted molar refractivity (Wildman–Crippen MR) is 32.9 cm³/mol. The molecule has 0 aliphatic heterocycles. The minimum atomic E-state index is -0.0417. The predicted octanol–water partition coefficient (Wildman–Crippen LogP) is 1.65. The Morgan fingerprint density at radius 3 is 3.00 bits per heavy atom. The third kappa shape index (κ3) is 1.23. The van der Waals surface area contributed by atoms with Crippen LogP contribution in [0.2, 0.25) is 0 Å². The number of hydrogen-bond donors (Lipinski definition) is 1. The second-order valence-corrected chi connectivity index (χ2v) is 1.73. The first-order valence-corrected chi connectivity index (χ1v) is 2.64. The van der Waals surface area contributed by atoms with Crippen molar-refractivity contribution in [3.05, 3.63) is 24.2 Å². The van der Waals surface area contributed by atoms with Crippen molar-refractivity contribution in [2.24, 2.45) is 5.16 Å². The van der Waals surface area contributed by atoms with Gasteiger partial charge < -0.3 is 9.62 Å². The summed E-state index contributed by atoms with van der Waals surface area (Å²) in [5.74, 6) is 0.360. The van der Waals surface area contributed by atoms with Crippen LogP contribution in [0.1, 0.15) is 5.76 Å². The van der Waals surface area contributed by atoms with E-state index < -0.39 is 0 Å². The lowest BCUT2D eigenvalue weighted by molar-refractivity contribution is 0.319. The Morgan fingerprint density at radius 2 is 2.56 bits per heavy atom. The van der Waals surface area contributed by atoms with Gasteiger partial charge >= 0.3 is 0 Å². The van der Waals surface area contributed by atoms with Crippen LogP contribution in [0.25, 0.3) is 0 Å². The zero-order chi connectivity index (χ0) is 6.69. The zero-order valence-electron chi connectivity index (χ0n) is 4.41. The molecule has 1 heterocycles. The number of halogens is 1. The second-order valence-electron chi connectivity index (χ2n) is 1.37. The van der Waals surface area contributed by atoms with Gasteiger partial charge in [0.25, 0.3) is 0 Å². The monoisotopic (exact) mass is 145 g/mol. The Labute approximate surface area is 56.5 Å². The van der Waals surface area contributed by atoms with Crippen LogP contribution in [0.4, 0.5) is 0 Å². The molecule has 0 fully saturated rings. The van der Waals surface area contributed by atoms with E-state index in [0.717, 1.165) is 0 Å². The molecule has 48 valence electrons. The third-order valence-corrected chi connectivity index (χ3v) is 1.07. The highest BCUT2D eigenvalue weighted by Gasteiger charge is 2.00. The molecule has 4 heteroatoms. The van der Waals surface area contributed by atoms with Gasteiger partial charge in [0.1, 0.15) is 0 Å². The van der Waals surface area contributed by atoms with E-state index in [1.165, 1.54) is 6.26 Å². The van der Waals surface area contributed by atoms with Crippen LogP contribution in [0.5, 0.6) is 0 Å². The molecule has 0 amide bonds. The van der Waals surface area contributed by atoms with E-state index in [-0.39, 0.29) is 5.17 Å². The third-order valence-electron chi connectivity index (χ3n) is 0.812. The lowest BCUT2D eigenvalue weighted by atomic mass is 10.5. The molecule has 1 N–H and O–H groups in total. The van der Waals surface area contributed by atoms with Crippen LogP contribution in [-0.4, -0.2) is 10.4 Å². The topological polar surface area (TPSA) is 45.7 Å². The molecule has 0 aromatic carbocycles. The van der Waals surface area contributed by atoms with Crippen molar-refractivity contribution < 1.29 is 9.62 Å². The number of hydrogen-bond acceptors (Lipinski definition) is 3. The zero-order valence-corrected chi connectivity index (χ0v) is 5.17. The van der Waals surface area contributed by atoms with Crippen molar-refractivity contribution in [3.8, 4) is 0 Å². The summed E-state index contributed by atoms with van der Waals surface area (Å²) < 4.78 is 4.76. The van der Waals surface area contributed by atoms with E-state index in [9.17, 15) is 0 Å². The van der Waals surface area contributed by atoms with E-state index in [2.05, 4.69) is 5.16 Å². The smallest absolute Gasteiger partial charge is 0.210 e. The number of furan rings is 1. The molecule has 0 atom stereocenters. The highest BCUT2D eigenvalue weighted by atomic mass is 35.5. The molecule has 3 nitrogen and oxygen atoms in total. The summed E-state index contributed by atoms with van der Waals surface area (Å²) in [5, 5.41) is 10.8. The maximum atomic E-state index is 8.10. The Morgan fingerprint density at radius 1 is 1.78 bits per heavy atom. The summed E-state index contributed by atoms with van der Waals surface area (Å²) in [6, 6.07) is 3.25. The Bertz CT molecular complexity index is 205. The summed E-state index contributed by atoms with van der Waals surface area (Å²) in [4.78, 5) is 0.